The molecule has 0 N–H and O–H groups in total. The maximum Gasteiger partial charge on any atom is 0.411 e. The number of benzene rings is 1. The second-order valence-electron chi connectivity index (χ2n) is 3.45. The molecule has 2 nitrogen and oxygen atoms in total. The number of rotatable bonds is 5. The second-order valence-corrected chi connectivity index (χ2v) is 3.45. The molecule has 0 bridgehead atoms. The van der Waals surface area contributed by atoms with E-state index < -0.39 is 31.0 Å². The van der Waals surface area contributed by atoms with Crippen LogP contribution in [-0.2, 0) is 16.0 Å². The average molecular weight is 250 g/mol. The number of hydrogen-bond acceptors (Lipinski definition) is 2. The van der Waals surface area contributed by atoms with Crippen molar-refractivity contribution in [3.63, 3.8) is 0 Å². The van der Waals surface area contributed by atoms with E-state index in [1.807, 2.05) is 0 Å². The Balaban J connectivity index is 2.35. The highest BCUT2D eigenvalue weighted by Crippen LogP contribution is 2.14. The third-order valence-corrected chi connectivity index (χ3v) is 1.82. The summed E-state index contributed by atoms with van der Waals surface area (Å²) in [6.07, 6.45) is -4.59. The molecule has 0 heterocycles. The largest absolute Gasteiger partial charge is 0.411 e. The lowest BCUT2D eigenvalue weighted by Gasteiger charge is -2.06. The Morgan fingerprint density at radius 1 is 1.29 bits per heavy atom. The summed E-state index contributed by atoms with van der Waals surface area (Å²) >= 11 is 0. The molecule has 1 aromatic rings. The Morgan fingerprint density at radius 3 is 2.59 bits per heavy atom. The van der Waals surface area contributed by atoms with Crippen LogP contribution in [0.2, 0.25) is 0 Å². The van der Waals surface area contributed by atoms with Gasteiger partial charge in [0.05, 0.1) is 0 Å². The molecule has 0 aliphatic heterocycles. The van der Waals surface area contributed by atoms with Gasteiger partial charge in [-0.2, -0.15) is 13.2 Å². The van der Waals surface area contributed by atoms with E-state index in [9.17, 15) is 22.4 Å². The third kappa shape index (κ3) is 6.01. The molecule has 1 aromatic carbocycles. The van der Waals surface area contributed by atoms with E-state index in [1.165, 1.54) is 18.2 Å². The number of hydrogen-bond donors (Lipinski definition) is 0. The van der Waals surface area contributed by atoms with Gasteiger partial charge in [-0.25, -0.2) is 4.39 Å². The summed E-state index contributed by atoms with van der Waals surface area (Å²) in [5.74, 6) is -1.02. The molecular formula is C11H10F4O2. The molecule has 0 fully saturated rings. The maximum atomic E-state index is 12.7. The van der Waals surface area contributed by atoms with Crippen LogP contribution in [0, 0.1) is 5.82 Å². The quantitative estimate of drug-likeness (QED) is 0.750. The van der Waals surface area contributed by atoms with Crippen LogP contribution in [0.4, 0.5) is 17.6 Å². The van der Waals surface area contributed by atoms with Crippen molar-refractivity contribution in [3.05, 3.63) is 35.6 Å². The first-order chi connectivity index (χ1) is 7.87. The highest BCUT2D eigenvalue weighted by atomic mass is 19.4. The molecule has 0 aliphatic rings. The Hall–Kier alpha value is -1.43. The van der Waals surface area contributed by atoms with Gasteiger partial charge in [-0.05, 0) is 17.7 Å². The lowest BCUT2D eigenvalue weighted by atomic mass is 10.1. The first-order valence-electron chi connectivity index (χ1n) is 4.77. The molecule has 94 valence electrons. The number of halogens is 4. The zero-order chi connectivity index (χ0) is 12.9. The SMILES string of the molecule is O=C(COCC(F)(F)F)Cc1cccc(F)c1. The van der Waals surface area contributed by atoms with E-state index in [0.29, 0.717) is 5.56 Å². The minimum atomic E-state index is -4.45. The second kappa shape index (κ2) is 5.77. The third-order valence-electron chi connectivity index (χ3n) is 1.82. The van der Waals surface area contributed by atoms with Gasteiger partial charge in [0.25, 0.3) is 0 Å². The minimum absolute atomic E-state index is 0.143. The van der Waals surface area contributed by atoms with Crippen molar-refractivity contribution >= 4 is 5.78 Å². The molecule has 0 saturated heterocycles. The Labute approximate surface area is 95.2 Å². The van der Waals surface area contributed by atoms with Crippen LogP contribution in [0.1, 0.15) is 5.56 Å². The van der Waals surface area contributed by atoms with Crippen LogP contribution >= 0.6 is 0 Å². The molecule has 0 radical (unpaired) electrons. The van der Waals surface area contributed by atoms with Crippen LogP contribution in [0.15, 0.2) is 24.3 Å². The predicted octanol–water partition coefficient (Wildman–Crippen LogP) is 2.52. The molecule has 0 aliphatic carbocycles. The Morgan fingerprint density at radius 2 is 2.00 bits per heavy atom. The first-order valence-corrected chi connectivity index (χ1v) is 4.77. The van der Waals surface area contributed by atoms with Gasteiger partial charge in [0, 0.05) is 6.42 Å². The molecule has 0 aromatic heterocycles. The molecule has 0 saturated carbocycles. The van der Waals surface area contributed by atoms with Crippen LogP contribution in [0.25, 0.3) is 0 Å². The Bertz CT molecular complexity index is 387. The number of ketones is 1. The number of carbonyl (C=O) groups is 1. The highest BCUT2D eigenvalue weighted by molar-refractivity contribution is 5.82. The van der Waals surface area contributed by atoms with Gasteiger partial charge in [-0.15, -0.1) is 0 Å². The lowest BCUT2D eigenvalue weighted by molar-refractivity contribution is -0.175. The van der Waals surface area contributed by atoms with Crippen LogP contribution in [-0.4, -0.2) is 25.2 Å². The van der Waals surface area contributed by atoms with E-state index in [0.717, 1.165) is 6.07 Å². The molecule has 6 heteroatoms. The fraction of sp³-hybridized carbons (Fsp3) is 0.364. The smallest absolute Gasteiger partial charge is 0.364 e. The van der Waals surface area contributed by atoms with E-state index in [2.05, 4.69) is 4.74 Å². The van der Waals surface area contributed by atoms with Gasteiger partial charge >= 0.3 is 6.18 Å². The predicted molar refractivity (Wildman–Crippen MR) is 52.0 cm³/mol. The van der Waals surface area contributed by atoms with Gasteiger partial charge in [0.2, 0.25) is 0 Å². The summed E-state index contributed by atoms with van der Waals surface area (Å²) in [5.41, 5.74) is 0.408. The fourth-order valence-corrected chi connectivity index (χ4v) is 1.21. The average Bonchev–Trinajstić information content (AvgIpc) is 2.15. The summed E-state index contributed by atoms with van der Waals surface area (Å²) in [4.78, 5) is 11.2. The van der Waals surface area contributed by atoms with Crippen LogP contribution < -0.4 is 0 Å². The molecule has 0 unspecified atom stereocenters. The molecule has 0 atom stereocenters. The monoisotopic (exact) mass is 250 g/mol. The number of ether oxygens (including phenoxy) is 1. The molecule has 0 amide bonds. The van der Waals surface area contributed by atoms with Gasteiger partial charge < -0.3 is 4.74 Å². The van der Waals surface area contributed by atoms with Crippen LogP contribution in [0.5, 0.6) is 0 Å². The maximum absolute atomic E-state index is 12.7. The normalized spacial score (nSPS) is 11.5. The molecular weight excluding hydrogens is 240 g/mol. The number of Topliss-reactive ketones (excluding diaryl/α,β-unsaturated/α-hetero) is 1. The fourth-order valence-electron chi connectivity index (χ4n) is 1.21. The molecule has 0 spiro atoms. The summed E-state index contributed by atoms with van der Waals surface area (Å²) in [5, 5.41) is 0. The topological polar surface area (TPSA) is 26.3 Å². The summed E-state index contributed by atoms with van der Waals surface area (Å²) < 4.78 is 52.0. The van der Waals surface area contributed by atoms with Crippen molar-refractivity contribution < 1.29 is 27.1 Å². The van der Waals surface area contributed by atoms with Crippen molar-refractivity contribution in [2.24, 2.45) is 0 Å². The van der Waals surface area contributed by atoms with Crippen molar-refractivity contribution in [1.82, 2.24) is 0 Å². The zero-order valence-corrected chi connectivity index (χ0v) is 8.76. The van der Waals surface area contributed by atoms with Crippen molar-refractivity contribution in [2.45, 2.75) is 12.6 Å². The zero-order valence-electron chi connectivity index (χ0n) is 8.76. The van der Waals surface area contributed by atoms with Gasteiger partial charge in [0.15, 0.2) is 5.78 Å². The van der Waals surface area contributed by atoms with Crippen molar-refractivity contribution in [3.8, 4) is 0 Å². The van der Waals surface area contributed by atoms with Gasteiger partial charge in [-0.3, -0.25) is 4.79 Å². The molecule has 1 rings (SSSR count). The van der Waals surface area contributed by atoms with Crippen molar-refractivity contribution in [2.75, 3.05) is 13.2 Å². The number of alkyl halides is 3. The molecule has 17 heavy (non-hydrogen) atoms. The highest BCUT2D eigenvalue weighted by Gasteiger charge is 2.27. The van der Waals surface area contributed by atoms with Crippen LogP contribution in [0.3, 0.4) is 0 Å². The Kier molecular flexibility index (Phi) is 4.62. The van der Waals surface area contributed by atoms with E-state index in [1.54, 1.807) is 0 Å². The first kappa shape index (κ1) is 13.6. The standard InChI is InChI=1S/C11H10F4O2/c12-9-3-1-2-8(4-9)5-10(16)6-17-7-11(13,14)15/h1-4H,5-7H2. The summed E-state index contributed by atoms with van der Waals surface area (Å²) in [6, 6.07) is 5.31. The van der Waals surface area contributed by atoms with Crippen molar-refractivity contribution in [1.29, 1.82) is 0 Å². The van der Waals surface area contributed by atoms with Gasteiger partial charge in [-0.1, -0.05) is 12.1 Å². The summed E-state index contributed by atoms with van der Waals surface area (Å²) in [7, 11) is 0. The van der Waals surface area contributed by atoms with E-state index >= 15 is 0 Å². The lowest BCUT2D eigenvalue weighted by Crippen LogP contribution is -2.21. The van der Waals surface area contributed by atoms with Gasteiger partial charge in [0.1, 0.15) is 19.0 Å². The minimum Gasteiger partial charge on any atom is -0.364 e. The summed E-state index contributed by atoms with van der Waals surface area (Å²) in [6.45, 7) is -2.09. The van der Waals surface area contributed by atoms with E-state index in [4.69, 9.17) is 0 Å². The number of carbonyl (C=O) groups excluding carboxylic acids is 1. The van der Waals surface area contributed by atoms with E-state index in [-0.39, 0.29) is 6.42 Å².